The van der Waals surface area contributed by atoms with Crippen LogP contribution in [0.15, 0.2) is 60.0 Å². The molecule has 4 bridgehead atoms. The highest BCUT2D eigenvalue weighted by Gasteiger charge is 2.54. The second-order valence-corrected chi connectivity index (χ2v) is 11.8. The van der Waals surface area contributed by atoms with E-state index >= 15 is 0 Å². The number of pyridine rings is 1. The van der Waals surface area contributed by atoms with Crippen LogP contribution in [0.25, 0.3) is 17.1 Å². The molecule has 1 amide bonds. The number of nitrogens with zero attached hydrogens (tertiary/aromatic N) is 4. The average Bonchev–Trinajstić information content (AvgIpc) is 3.30. The largest absolute Gasteiger partial charge is 0.352 e. The maximum atomic E-state index is 13.2. The molecule has 4 fully saturated rings. The van der Waals surface area contributed by atoms with Crippen molar-refractivity contribution in [2.24, 2.45) is 23.2 Å². The van der Waals surface area contributed by atoms with E-state index in [4.69, 9.17) is 0 Å². The Balaban J connectivity index is 1.19. The molecule has 4 saturated carbocycles. The number of hydrogen-bond acceptors (Lipinski definition) is 5. The van der Waals surface area contributed by atoms with E-state index in [1.54, 1.807) is 12.4 Å². The van der Waals surface area contributed by atoms with E-state index in [9.17, 15) is 4.79 Å². The zero-order valence-corrected chi connectivity index (χ0v) is 21.1. The monoisotopic (exact) mass is 487 g/mol. The van der Waals surface area contributed by atoms with Crippen LogP contribution in [-0.2, 0) is 4.79 Å². The summed E-state index contributed by atoms with van der Waals surface area (Å²) in [7, 11) is 0. The first-order valence-corrected chi connectivity index (χ1v) is 14.0. The van der Waals surface area contributed by atoms with Gasteiger partial charge in [-0.15, -0.1) is 10.2 Å². The molecule has 0 aliphatic heterocycles. The first-order valence-electron chi connectivity index (χ1n) is 13.0. The van der Waals surface area contributed by atoms with Gasteiger partial charge in [0.05, 0.1) is 5.75 Å². The van der Waals surface area contributed by atoms with Gasteiger partial charge in [-0.25, -0.2) is 0 Å². The third-order valence-electron chi connectivity index (χ3n) is 8.47. The molecule has 35 heavy (non-hydrogen) atoms. The molecule has 1 N–H and O–H groups in total. The first kappa shape index (κ1) is 22.8. The van der Waals surface area contributed by atoms with Crippen LogP contribution in [-0.4, -0.2) is 37.5 Å². The average molecular weight is 488 g/mol. The smallest absolute Gasteiger partial charge is 0.230 e. The summed E-state index contributed by atoms with van der Waals surface area (Å²) >= 11 is 1.45. The van der Waals surface area contributed by atoms with Crippen LogP contribution in [0.5, 0.6) is 0 Å². The van der Waals surface area contributed by atoms with Gasteiger partial charge in [0, 0.05) is 29.7 Å². The number of amides is 1. The van der Waals surface area contributed by atoms with Crippen molar-refractivity contribution in [1.82, 2.24) is 25.1 Å². The van der Waals surface area contributed by atoms with Crippen LogP contribution in [0.3, 0.4) is 0 Å². The van der Waals surface area contributed by atoms with E-state index in [-0.39, 0.29) is 11.9 Å². The molecule has 0 radical (unpaired) electrons. The topological polar surface area (TPSA) is 72.7 Å². The van der Waals surface area contributed by atoms with Gasteiger partial charge < -0.3 is 5.32 Å². The molecule has 7 rings (SSSR count). The molecule has 1 aromatic carbocycles. The molecule has 2 heterocycles. The predicted octanol–water partition coefficient (Wildman–Crippen LogP) is 5.53. The Labute approximate surface area is 211 Å². The van der Waals surface area contributed by atoms with E-state index in [2.05, 4.69) is 27.4 Å². The molecular weight excluding hydrogens is 454 g/mol. The van der Waals surface area contributed by atoms with Crippen LogP contribution in [0.2, 0.25) is 0 Å². The summed E-state index contributed by atoms with van der Waals surface area (Å²) in [5.41, 5.74) is 2.19. The van der Waals surface area contributed by atoms with E-state index in [0.717, 1.165) is 41.2 Å². The molecule has 1 atom stereocenters. The van der Waals surface area contributed by atoms with Crippen molar-refractivity contribution < 1.29 is 4.79 Å². The molecule has 7 heteroatoms. The fourth-order valence-electron chi connectivity index (χ4n) is 7.51. The van der Waals surface area contributed by atoms with E-state index in [1.165, 1.54) is 50.3 Å². The fourth-order valence-corrected chi connectivity index (χ4v) is 8.28. The summed E-state index contributed by atoms with van der Waals surface area (Å²) in [5.74, 6) is 3.82. The van der Waals surface area contributed by atoms with Gasteiger partial charge in [-0.1, -0.05) is 36.9 Å². The van der Waals surface area contributed by atoms with Gasteiger partial charge >= 0.3 is 0 Å². The molecule has 3 aromatic rings. The highest BCUT2D eigenvalue weighted by atomic mass is 32.2. The van der Waals surface area contributed by atoms with Crippen molar-refractivity contribution in [2.75, 3.05) is 5.75 Å². The summed E-state index contributed by atoms with van der Waals surface area (Å²) in [5, 5.41) is 13.1. The number of aromatic nitrogens is 4. The number of thioether (sulfide) groups is 1. The normalized spacial score (nSPS) is 27.6. The Bertz CT molecular complexity index is 1140. The number of carbonyl (C=O) groups excluding carboxylic acids is 1. The third-order valence-corrected chi connectivity index (χ3v) is 9.40. The molecular formula is C28H33N5OS. The van der Waals surface area contributed by atoms with Crippen molar-refractivity contribution in [1.29, 1.82) is 0 Å². The maximum absolute atomic E-state index is 13.2. The quantitative estimate of drug-likeness (QED) is 0.423. The second kappa shape index (κ2) is 9.41. The molecule has 6 nitrogen and oxygen atoms in total. The van der Waals surface area contributed by atoms with Gasteiger partial charge in [-0.2, -0.15) is 0 Å². The fraction of sp³-hybridized carbons (Fsp3) is 0.500. The van der Waals surface area contributed by atoms with E-state index < -0.39 is 0 Å². The van der Waals surface area contributed by atoms with Crippen LogP contribution in [0.4, 0.5) is 0 Å². The molecule has 0 spiro atoms. The SMILES string of the molecule is CC[C@@H](NC(=O)CSc1nnc(-c2cccnc2)n1-c1ccccc1)C12CC3CC(CC(C3)C1)C2. The summed E-state index contributed by atoms with van der Waals surface area (Å²) in [6.07, 6.45) is 12.7. The molecule has 2 aromatic heterocycles. The van der Waals surface area contributed by atoms with Gasteiger partial charge in [0.1, 0.15) is 0 Å². The zero-order chi connectivity index (χ0) is 23.8. The maximum Gasteiger partial charge on any atom is 0.230 e. The molecule has 0 saturated heterocycles. The van der Waals surface area contributed by atoms with Crippen molar-refractivity contribution in [3.8, 4) is 17.1 Å². The standard InChI is InChI=1S/C28H33N5OS/c1-2-24(28-14-19-11-20(15-28)13-21(12-19)16-28)30-25(34)18-35-27-32-31-26(22-7-6-10-29-17-22)33(27)23-8-4-3-5-9-23/h3-10,17,19-21,24H,2,11-16,18H2,1H3,(H,30,34)/t19?,20?,21?,24-,28?/m1/s1. The van der Waals surface area contributed by atoms with E-state index in [0.29, 0.717) is 16.3 Å². The van der Waals surface area contributed by atoms with Crippen LogP contribution >= 0.6 is 11.8 Å². The van der Waals surface area contributed by atoms with Crippen LogP contribution in [0, 0.1) is 23.2 Å². The van der Waals surface area contributed by atoms with Gasteiger partial charge in [-0.05, 0) is 92.4 Å². The summed E-state index contributed by atoms with van der Waals surface area (Å²) < 4.78 is 2.02. The third kappa shape index (κ3) is 4.39. The summed E-state index contributed by atoms with van der Waals surface area (Å²) in [4.78, 5) is 17.5. The lowest BCUT2D eigenvalue weighted by Gasteiger charge is -2.59. The molecule has 0 unspecified atom stereocenters. The zero-order valence-electron chi connectivity index (χ0n) is 20.3. The van der Waals surface area contributed by atoms with Gasteiger partial charge in [0.2, 0.25) is 5.91 Å². The first-order chi connectivity index (χ1) is 17.1. The minimum absolute atomic E-state index is 0.100. The Kier molecular flexibility index (Phi) is 6.13. The van der Waals surface area contributed by atoms with E-state index in [1.807, 2.05) is 47.0 Å². The summed E-state index contributed by atoms with van der Waals surface area (Å²) in [6, 6.07) is 14.2. The minimum atomic E-state index is 0.100. The number of hydrogen-bond donors (Lipinski definition) is 1. The molecule has 182 valence electrons. The number of carbonyl (C=O) groups is 1. The Morgan fingerprint density at radius 1 is 1.06 bits per heavy atom. The van der Waals surface area contributed by atoms with Crippen LogP contribution < -0.4 is 5.32 Å². The number of nitrogens with one attached hydrogen (secondary N) is 1. The Morgan fingerprint density at radius 2 is 1.77 bits per heavy atom. The van der Waals surface area contributed by atoms with Crippen molar-refractivity contribution in [3.63, 3.8) is 0 Å². The second-order valence-electron chi connectivity index (χ2n) is 10.8. The van der Waals surface area contributed by atoms with Gasteiger partial charge in [0.25, 0.3) is 0 Å². The lowest BCUT2D eigenvalue weighted by atomic mass is 9.47. The lowest BCUT2D eigenvalue weighted by molar-refractivity contribution is -0.124. The number of rotatable bonds is 8. The highest BCUT2D eigenvalue weighted by molar-refractivity contribution is 7.99. The summed E-state index contributed by atoms with van der Waals surface area (Å²) in [6.45, 7) is 2.24. The highest BCUT2D eigenvalue weighted by Crippen LogP contribution is 2.61. The Morgan fingerprint density at radius 3 is 2.40 bits per heavy atom. The van der Waals surface area contributed by atoms with Crippen molar-refractivity contribution in [3.05, 3.63) is 54.9 Å². The van der Waals surface area contributed by atoms with Crippen molar-refractivity contribution in [2.45, 2.75) is 63.1 Å². The number of benzene rings is 1. The lowest BCUT2D eigenvalue weighted by Crippen LogP contribution is -2.57. The van der Waals surface area contributed by atoms with Gasteiger partial charge in [0.15, 0.2) is 11.0 Å². The van der Waals surface area contributed by atoms with Gasteiger partial charge in [-0.3, -0.25) is 14.3 Å². The Hall–Kier alpha value is -2.67. The minimum Gasteiger partial charge on any atom is -0.352 e. The molecule has 4 aliphatic rings. The number of para-hydroxylation sites is 1. The molecule has 4 aliphatic carbocycles. The van der Waals surface area contributed by atoms with Crippen LogP contribution in [0.1, 0.15) is 51.9 Å². The van der Waals surface area contributed by atoms with Crippen molar-refractivity contribution >= 4 is 17.7 Å². The predicted molar refractivity (Wildman–Crippen MR) is 138 cm³/mol.